The van der Waals surface area contributed by atoms with E-state index in [4.69, 9.17) is 32.5 Å². The van der Waals surface area contributed by atoms with Crippen molar-refractivity contribution in [2.45, 2.75) is 13.1 Å². The molecule has 152 valence electrons. The van der Waals surface area contributed by atoms with Crippen LogP contribution in [0.15, 0.2) is 47.0 Å². The fourth-order valence-electron chi connectivity index (χ4n) is 3.37. The number of methoxy groups -OCH3 is 1. The van der Waals surface area contributed by atoms with Crippen LogP contribution >= 0.6 is 23.2 Å². The first kappa shape index (κ1) is 20.2. The minimum atomic E-state index is 0.591. The lowest BCUT2D eigenvalue weighted by Gasteiger charge is -2.33. The fraction of sp³-hybridized carbons (Fsp3) is 0.333. The second kappa shape index (κ2) is 9.13. The first-order valence-electron chi connectivity index (χ1n) is 9.46. The average molecular weight is 433 g/mol. The van der Waals surface area contributed by atoms with Gasteiger partial charge in [-0.05, 0) is 42.0 Å². The molecule has 29 heavy (non-hydrogen) atoms. The molecule has 1 saturated heterocycles. The van der Waals surface area contributed by atoms with Crippen LogP contribution in [0.2, 0.25) is 10.0 Å². The van der Waals surface area contributed by atoms with E-state index in [0.717, 1.165) is 44.0 Å². The highest BCUT2D eigenvalue weighted by molar-refractivity contribution is 6.42. The Kier molecular flexibility index (Phi) is 6.35. The molecule has 1 aliphatic heterocycles. The van der Waals surface area contributed by atoms with Crippen LogP contribution in [0.4, 0.5) is 0 Å². The van der Waals surface area contributed by atoms with E-state index >= 15 is 0 Å². The smallest absolute Gasteiger partial charge is 0.241 e. The third kappa shape index (κ3) is 5.08. The van der Waals surface area contributed by atoms with Gasteiger partial charge in [0, 0.05) is 38.3 Å². The molecule has 0 unspecified atom stereocenters. The lowest BCUT2D eigenvalue weighted by Crippen LogP contribution is -2.45. The number of ether oxygens (including phenoxy) is 1. The van der Waals surface area contributed by atoms with Crippen molar-refractivity contribution in [2.24, 2.45) is 0 Å². The van der Waals surface area contributed by atoms with Gasteiger partial charge in [-0.3, -0.25) is 9.80 Å². The van der Waals surface area contributed by atoms with Crippen molar-refractivity contribution in [1.29, 1.82) is 0 Å². The second-order valence-electron chi connectivity index (χ2n) is 7.04. The summed E-state index contributed by atoms with van der Waals surface area (Å²) in [4.78, 5) is 9.27. The zero-order valence-electron chi connectivity index (χ0n) is 16.1. The highest BCUT2D eigenvalue weighted by Gasteiger charge is 2.20. The van der Waals surface area contributed by atoms with Crippen molar-refractivity contribution in [3.05, 3.63) is 64.0 Å². The van der Waals surface area contributed by atoms with Crippen molar-refractivity contribution >= 4 is 23.2 Å². The van der Waals surface area contributed by atoms with Crippen LogP contribution in [0.1, 0.15) is 11.5 Å². The molecule has 0 bridgehead atoms. The van der Waals surface area contributed by atoms with Gasteiger partial charge >= 0.3 is 0 Å². The predicted octanol–water partition coefficient (Wildman–Crippen LogP) is 4.37. The first-order chi connectivity index (χ1) is 14.1. The summed E-state index contributed by atoms with van der Waals surface area (Å²) in [5.74, 6) is 2.03. The molecule has 2 aromatic carbocycles. The topological polar surface area (TPSA) is 54.6 Å². The number of hydrogen-bond acceptors (Lipinski definition) is 6. The Bertz CT molecular complexity index is 954. The standard InChI is InChI=1S/C21H22Cl2N4O2/c1-28-17-5-3-16(4-6-17)21-24-20(29-25-21)14-27-10-8-26(9-11-27)13-15-2-7-18(22)19(23)12-15/h2-7,12H,8-11,13-14H2,1H3. The van der Waals surface area contributed by atoms with Gasteiger partial charge in [-0.2, -0.15) is 4.98 Å². The predicted molar refractivity (Wildman–Crippen MR) is 113 cm³/mol. The molecular weight excluding hydrogens is 411 g/mol. The maximum atomic E-state index is 6.12. The minimum absolute atomic E-state index is 0.591. The van der Waals surface area contributed by atoms with Crippen LogP contribution in [0.3, 0.4) is 0 Å². The molecule has 0 spiro atoms. The van der Waals surface area contributed by atoms with E-state index in [1.165, 1.54) is 5.56 Å². The summed E-state index contributed by atoms with van der Waals surface area (Å²) >= 11 is 12.1. The van der Waals surface area contributed by atoms with Crippen LogP contribution in [-0.4, -0.2) is 53.2 Å². The minimum Gasteiger partial charge on any atom is -0.497 e. The Morgan fingerprint density at radius 3 is 2.28 bits per heavy atom. The molecule has 0 saturated carbocycles. The van der Waals surface area contributed by atoms with E-state index in [1.807, 2.05) is 42.5 Å². The van der Waals surface area contributed by atoms with Gasteiger partial charge in [0.15, 0.2) is 0 Å². The zero-order valence-corrected chi connectivity index (χ0v) is 17.7. The fourth-order valence-corrected chi connectivity index (χ4v) is 3.69. The van der Waals surface area contributed by atoms with Gasteiger partial charge in [-0.25, -0.2) is 0 Å². The van der Waals surface area contributed by atoms with Gasteiger partial charge in [0.05, 0.1) is 23.7 Å². The van der Waals surface area contributed by atoms with Crippen molar-refractivity contribution < 1.29 is 9.26 Å². The molecule has 0 amide bonds. The van der Waals surface area contributed by atoms with Gasteiger partial charge in [0.2, 0.25) is 11.7 Å². The Hall–Kier alpha value is -2.12. The summed E-state index contributed by atoms with van der Waals surface area (Å²) in [5, 5.41) is 5.30. The van der Waals surface area contributed by atoms with Crippen LogP contribution in [-0.2, 0) is 13.1 Å². The molecule has 0 atom stereocenters. The molecule has 1 aliphatic rings. The lowest BCUT2D eigenvalue weighted by atomic mass is 10.2. The van der Waals surface area contributed by atoms with Crippen LogP contribution in [0.5, 0.6) is 5.75 Å². The number of halogens is 2. The highest BCUT2D eigenvalue weighted by Crippen LogP contribution is 2.24. The average Bonchev–Trinajstić information content (AvgIpc) is 3.21. The van der Waals surface area contributed by atoms with E-state index < -0.39 is 0 Å². The third-order valence-corrected chi connectivity index (χ3v) is 5.77. The summed E-state index contributed by atoms with van der Waals surface area (Å²) in [6.07, 6.45) is 0. The molecular formula is C21H22Cl2N4O2. The number of piperazine rings is 1. The summed E-state index contributed by atoms with van der Waals surface area (Å²) in [6, 6.07) is 13.4. The number of benzene rings is 2. The molecule has 0 radical (unpaired) electrons. The Balaban J connectivity index is 1.29. The first-order valence-corrected chi connectivity index (χ1v) is 10.2. The number of hydrogen-bond donors (Lipinski definition) is 0. The van der Waals surface area contributed by atoms with Crippen LogP contribution < -0.4 is 4.74 Å². The largest absolute Gasteiger partial charge is 0.497 e. The summed E-state index contributed by atoms with van der Waals surface area (Å²) in [6.45, 7) is 5.36. The van der Waals surface area contributed by atoms with Crippen molar-refractivity contribution in [3.8, 4) is 17.1 Å². The monoisotopic (exact) mass is 432 g/mol. The maximum Gasteiger partial charge on any atom is 0.241 e. The van der Waals surface area contributed by atoms with Crippen molar-refractivity contribution in [3.63, 3.8) is 0 Å². The Morgan fingerprint density at radius 2 is 1.62 bits per heavy atom. The third-order valence-electron chi connectivity index (χ3n) is 5.03. The highest BCUT2D eigenvalue weighted by atomic mass is 35.5. The molecule has 1 aromatic heterocycles. The van der Waals surface area contributed by atoms with Gasteiger partial charge in [-0.15, -0.1) is 0 Å². The number of rotatable bonds is 6. The quantitative estimate of drug-likeness (QED) is 0.576. The molecule has 0 N–H and O–H groups in total. The zero-order chi connectivity index (χ0) is 20.2. The summed E-state index contributed by atoms with van der Waals surface area (Å²) in [5.41, 5.74) is 2.08. The lowest BCUT2D eigenvalue weighted by molar-refractivity contribution is 0.112. The normalized spacial score (nSPS) is 15.6. The SMILES string of the molecule is COc1ccc(-c2noc(CN3CCN(Cc4ccc(Cl)c(Cl)c4)CC3)n2)cc1. The van der Waals surface area contributed by atoms with E-state index in [2.05, 4.69) is 19.9 Å². The van der Waals surface area contributed by atoms with E-state index in [-0.39, 0.29) is 0 Å². The molecule has 8 heteroatoms. The van der Waals surface area contributed by atoms with E-state index in [1.54, 1.807) is 7.11 Å². The van der Waals surface area contributed by atoms with E-state index in [9.17, 15) is 0 Å². The van der Waals surface area contributed by atoms with E-state index in [0.29, 0.717) is 28.3 Å². The molecule has 3 aromatic rings. The summed E-state index contributed by atoms with van der Waals surface area (Å²) in [7, 11) is 1.64. The van der Waals surface area contributed by atoms with Gasteiger partial charge in [-0.1, -0.05) is 34.4 Å². The van der Waals surface area contributed by atoms with Gasteiger partial charge in [0.1, 0.15) is 5.75 Å². The van der Waals surface area contributed by atoms with Crippen LogP contribution in [0, 0.1) is 0 Å². The Labute approximate surface area is 180 Å². The number of nitrogens with zero attached hydrogens (tertiary/aromatic N) is 4. The van der Waals surface area contributed by atoms with Crippen LogP contribution in [0.25, 0.3) is 11.4 Å². The number of aromatic nitrogens is 2. The molecule has 2 heterocycles. The Morgan fingerprint density at radius 1 is 0.931 bits per heavy atom. The summed E-state index contributed by atoms with van der Waals surface area (Å²) < 4.78 is 10.6. The second-order valence-corrected chi connectivity index (χ2v) is 7.86. The van der Waals surface area contributed by atoms with Gasteiger partial charge < -0.3 is 9.26 Å². The van der Waals surface area contributed by atoms with Crippen molar-refractivity contribution in [1.82, 2.24) is 19.9 Å². The molecule has 0 aliphatic carbocycles. The molecule has 1 fully saturated rings. The molecule has 4 rings (SSSR count). The van der Waals surface area contributed by atoms with Gasteiger partial charge in [0.25, 0.3) is 0 Å². The maximum absolute atomic E-state index is 6.12. The van der Waals surface area contributed by atoms with Crippen molar-refractivity contribution in [2.75, 3.05) is 33.3 Å². The molecule has 6 nitrogen and oxygen atoms in total.